The fourth-order valence-electron chi connectivity index (χ4n) is 4.85. The van der Waals surface area contributed by atoms with Crippen molar-refractivity contribution in [1.29, 1.82) is 0 Å². The Balaban J connectivity index is 1.51. The van der Waals surface area contributed by atoms with E-state index in [1.54, 1.807) is 20.3 Å². The van der Waals surface area contributed by atoms with E-state index < -0.39 is 12.0 Å². The molecule has 0 unspecified atom stereocenters. The second-order valence-corrected chi connectivity index (χ2v) is 10.1. The number of hydrogen-bond donors (Lipinski definition) is 0. The molecule has 1 fully saturated rings. The number of rotatable bonds is 8. The zero-order chi connectivity index (χ0) is 27.4. The molecule has 0 saturated carbocycles. The summed E-state index contributed by atoms with van der Waals surface area (Å²) >= 11 is 1.44. The summed E-state index contributed by atoms with van der Waals surface area (Å²) in [6.45, 7) is 4.12. The highest BCUT2D eigenvalue weighted by Gasteiger charge is 2.42. The van der Waals surface area contributed by atoms with Gasteiger partial charge in [0.1, 0.15) is 18.1 Å². The molecule has 9 nitrogen and oxygen atoms in total. The number of carbonyl (C=O) groups is 2. The molecule has 3 heterocycles. The summed E-state index contributed by atoms with van der Waals surface area (Å²) in [7, 11) is 3.17. The van der Waals surface area contributed by atoms with Gasteiger partial charge in [-0.05, 0) is 30.0 Å². The van der Waals surface area contributed by atoms with Crippen molar-refractivity contribution in [3.63, 3.8) is 0 Å². The molecule has 0 N–H and O–H groups in total. The van der Waals surface area contributed by atoms with Crippen LogP contribution in [-0.4, -0.2) is 67.4 Å². The Kier molecular flexibility index (Phi) is 8.23. The number of allylic oxidation sites excluding steroid dienone is 1. The van der Waals surface area contributed by atoms with E-state index in [1.807, 2.05) is 64.6 Å². The number of morpholine rings is 1. The monoisotopic (exact) mass is 549 g/mol. The van der Waals surface area contributed by atoms with Gasteiger partial charge in [-0.1, -0.05) is 42.1 Å². The summed E-state index contributed by atoms with van der Waals surface area (Å²) in [6, 6.07) is 14.4. The lowest BCUT2D eigenvalue weighted by molar-refractivity contribution is -0.141. The summed E-state index contributed by atoms with van der Waals surface area (Å²) in [5.41, 5.74) is 3.34. The number of nitrogens with zero attached hydrogens (tertiary/aromatic N) is 3. The van der Waals surface area contributed by atoms with Gasteiger partial charge in [0, 0.05) is 30.4 Å². The predicted octanol–water partition coefficient (Wildman–Crippen LogP) is 4.27. The molecule has 2 aromatic carbocycles. The minimum Gasteiger partial charge on any atom is -0.497 e. The molecule has 3 aliphatic rings. The van der Waals surface area contributed by atoms with Gasteiger partial charge < -0.3 is 28.7 Å². The van der Waals surface area contributed by atoms with Gasteiger partial charge in [-0.25, -0.2) is 9.79 Å². The highest BCUT2D eigenvalue weighted by atomic mass is 32.2. The number of amides is 1. The van der Waals surface area contributed by atoms with Gasteiger partial charge in [-0.15, -0.1) is 0 Å². The van der Waals surface area contributed by atoms with Gasteiger partial charge in [0.2, 0.25) is 5.91 Å². The Bertz CT molecular complexity index is 1330. The van der Waals surface area contributed by atoms with Crippen molar-refractivity contribution in [2.24, 2.45) is 4.99 Å². The largest absolute Gasteiger partial charge is 0.497 e. The van der Waals surface area contributed by atoms with E-state index >= 15 is 0 Å². The number of fused-ring (bicyclic) bond motifs is 1. The SMILES string of the molecule is COc1ccc([C@H]2C(C(=O)OCc3ccccc3)=C(C)N=C3SC=C(CC(=O)N4CCOCC4)N32)c(OC)c1. The fraction of sp³-hybridized carbons (Fsp3) is 0.345. The molecule has 10 heteroatoms. The number of methoxy groups -OCH3 is 2. The topological polar surface area (TPSA) is 89.9 Å². The predicted molar refractivity (Wildman–Crippen MR) is 148 cm³/mol. The fourth-order valence-corrected chi connectivity index (χ4v) is 5.81. The molecule has 2 aromatic rings. The average Bonchev–Trinajstić information content (AvgIpc) is 3.37. The second-order valence-electron chi connectivity index (χ2n) is 9.23. The first-order valence-corrected chi connectivity index (χ1v) is 13.6. The first-order valence-electron chi connectivity index (χ1n) is 12.7. The number of benzene rings is 2. The Labute approximate surface area is 232 Å². The minimum absolute atomic E-state index is 0.00586. The van der Waals surface area contributed by atoms with Crippen LogP contribution in [0.4, 0.5) is 0 Å². The van der Waals surface area contributed by atoms with E-state index in [-0.39, 0.29) is 18.9 Å². The zero-order valence-electron chi connectivity index (χ0n) is 22.2. The van der Waals surface area contributed by atoms with E-state index in [1.165, 1.54) is 11.8 Å². The molecule has 0 spiro atoms. The van der Waals surface area contributed by atoms with E-state index in [4.69, 9.17) is 23.9 Å². The summed E-state index contributed by atoms with van der Waals surface area (Å²) in [6.07, 6.45) is 0.173. The second kappa shape index (κ2) is 12.0. The number of carbonyl (C=O) groups excluding carboxylic acids is 2. The van der Waals surface area contributed by atoms with Gasteiger partial charge in [-0.3, -0.25) is 4.79 Å². The van der Waals surface area contributed by atoms with Crippen molar-refractivity contribution in [2.75, 3.05) is 40.5 Å². The lowest BCUT2D eigenvalue weighted by Crippen LogP contribution is -2.42. The normalized spacial score (nSPS) is 18.8. The lowest BCUT2D eigenvalue weighted by Gasteiger charge is -2.37. The van der Waals surface area contributed by atoms with Crippen molar-refractivity contribution in [3.8, 4) is 11.5 Å². The molecule has 1 amide bonds. The maximum absolute atomic E-state index is 13.7. The van der Waals surface area contributed by atoms with E-state index in [0.29, 0.717) is 54.2 Å². The van der Waals surface area contributed by atoms with Crippen molar-refractivity contribution >= 4 is 28.8 Å². The maximum Gasteiger partial charge on any atom is 0.338 e. The van der Waals surface area contributed by atoms with Crippen molar-refractivity contribution in [3.05, 3.63) is 82.0 Å². The maximum atomic E-state index is 13.7. The van der Waals surface area contributed by atoms with Crippen LogP contribution in [0.15, 0.2) is 75.9 Å². The van der Waals surface area contributed by atoms with Crippen LogP contribution in [0.5, 0.6) is 11.5 Å². The number of thioether (sulfide) groups is 1. The number of amidine groups is 1. The van der Waals surface area contributed by atoms with Crippen LogP contribution in [0.3, 0.4) is 0 Å². The third-order valence-electron chi connectivity index (χ3n) is 6.86. The molecule has 5 rings (SSSR count). The van der Waals surface area contributed by atoms with Crippen LogP contribution in [0, 0.1) is 0 Å². The Hall–Kier alpha value is -3.76. The number of aliphatic imine (C=N–C) groups is 1. The highest BCUT2D eigenvalue weighted by Crippen LogP contribution is 2.47. The summed E-state index contributed by atoms with van der Waals surface area (Å²) in [5.74, 6) is 0.713. The number of esters is 1. The minimum atomic E-state index is -0.611. The van der Waals surface area contributed by atoms with Crippen LogP contribution < -0.4 is 9.47 Å². The number of ether oxygens (including phenoxy) is 4. The molecule has 1 atom stereocenters. The third-order valence-corrected chi connectivity index (χ3v) is 7.75. The summed E-state index contributed by atoms with van der Waals surface area (Å²) in [5, 5.41) is 2.63. The van der Waals surface area contributed by atoms with E-state index in [0.717, 1.165) is 16.8 Å². The Morgan fingerprint density at radius 1 is 1.08 bits per heavy atom. The van der Waals surface area contributed by atoms with Crippen molar-refractivity contribution in [1.82, 2.24) is 9.80 Å². The smallest absolute Gasteiger partial charge is 0.338 e. The summed E-state index contributed by atoms with van der Waals surface area (Å²) < 4.78 is 22.4. The van der Waals surface area contributed by atoms with Gasteiger partial charge in [0.05, 0.1) is 51.2 Å². The molecular weight excluding hydrogens is 518 g/mol. The first-order chi connectivity index (χ1) is 19.0. The Morgan fingerprint density at radius 3 is 2.56 bits per heavy atom. The molecule has 0 aliphatic carbocycles. The van der Waals surface area contributed by atoms with E-state index in [2.05, 4.69) is 0 Å². The first kappa shape index (κ1) is 26.8. The van der Waals surface area contributed by atoms with Gasteiger partial charge in [0.15, 0.2) is 5.17 Å². The third kappa shape index (κ3) is 5.67. The lowest BCUT2D eigenvalue weighted by atomic mass is 9.93. The molecule has 204 valence electrons. The van der Waals surface area contributed by atoms with Crippen LogP contribution in [-0.2, 0) is 25.7 Å². The summed E-state index contributed by atoms with van der Waals surface area (Å²) in [4.78, 5) is 35.5. The molecule has 3 aliphatic heterocycles. The van der Waals surface area contributed by atoms with Gasteiger partial charge >= 0.3 is 5.97 Å². The van der Waals surface area contributed by atoms with Crippen LogP contribution in [0.1, 0.15) is 30.5 Å². The molecule has 0 aromatic heterocycles. The van der Waals surface area contributed by atoms with Gasteiger partial charge in [-0.2, -0.15) is 0 Å². The highest BCUT2D eigenvalue weighted by molar-refractivity contribution is 8.16. The molecule has 1 saturated heterocycles. The standard InChI is InChI=1S/C29H31N3O6S/c1-19-26(28(34)38-17-20-7-5-4-6-8-20)27(23-10-9-22(35-2)16-24(23)36-3)32-21(18-39-29(32)30-19)15-25(33)31-11-13-37-14-12-31/h4-10,16,18,27H,11-15,17H2,1-3H3/t27-/m0/s1. The van der Waals surface area contributed by atoms with Crippen LogP contribution >= 0.6 is 11.8 Å². The molecule has 39 heavy (non-hydrogen) atoms. The quantitative estimate of drug-likeness (QED) is 0.451. The van der Waals surface area contributed by atoms with Crippen LogP contribution in [0.2, 0.25) is 0 Å². The molecule has 0 bridgehead atoms. The van der Waals surface area contributed by atoms with Crippen molar-refractivity contribution < 1.29 is 28.5 Å². The van der Waals surface area contributed by atoms with Gasteiger partial charge in [0.25, 0.3) is 0 Å². The van der Waals surface area contributed by atoms with Crippen molar-refractivity contribution in [2.45, 2.75) is 26.0 Å². The van der Waals surface area contributed by atoms with E-state index in [9.17, 15) is 9.59 Å². The Morgan fingerprint density at radius 2 is 1.85 bits per heavy atom. The zero-order valence-corrected chi connectivity index (χ0v) is 23.0. The average molecular weight is 550 g/mol. The van der Waals surface area contributed by atoms with Crippen LogP contribution in [0.25, 0.3) is 0 Å². The number of hydrogen-bond acceptors (Lipinski definition) is 9. The molecular formula is C29H31N3O6S. The molecule has 0 radical (unpaired) electrons.